The van der Waals surface area contributed by atoms with Crippen LogP contribution in [0, 0.1) is 10.6 Å². The van der Waals surface area contributed by atoms with Gasteiger partial charge in [-0.1, -0.05) is 18.2 Å². The van der Waals surface area contributed by atoms with Crippen molar-refractivity contribution in [1.82, 2.24) is 19.4 Å². The second-order valence-corrected chi connectivity index (χ2v) is 7.23. The van der Waals surface area contributed by atoms with Gasteiger partial charge in [0.15, 0.2) is 4.77 Å². The van der Waals surface area contributed by atoms with Gasteiger partial charge in [0.25, 0.3) is 5.91 Å². The molecule has 28 heavy (non-hydrogen) atoms. The lowest BCUT2D eigenvalue weighted by atomic mass is 10.1. The zero-order valence-electron chi connectivity index (χ0n) is 15.3. The highest BCUT2D eigenvalue weighted by molar-refractivity contribution is 7.71. The van der Waals surface area contributed by atoms with Gasteiger partial charge in [0.1, 0.15) is 5.82 Å². The van der Waals surface area contributed by atoms with Crippen molar-refractivity contribution in [2.45, 2.75) is 6.54 Å². The third-order valence-electron chi connectivity index (χ3n) is 5.05. The van der Waals surface area contributed by atoms with E-state index in [2.05, 4.69) is 9.88 Å². The summed E-state index contributed by atoms with van der Waals surface area (Å²) >= 11 is 5.22. The van der Waals surface area contributed by atoms with Crippen LogP contribution in [0.2, 0.25) is 0 Å². The topological polar surface area (TPSA) is 44.3 Å². The van der Waals surface area contributed by atoms with E-state index in [-0.39, 0.29) is 11.7 Å². The number of H-pyrrole nitrogens is 1. The number of aromatic nitrogens is 2. The van der Waals surface area contributed by atoms with Crippen molar-refractivity contribution in [2.24, 2.45) is 0 Å². The fraction of sp³-hybridized carbons (Fsp3) is 0.238. The number of nitrogens with one attached hydrogen (secondary N) is 1. The molecule has 2 aromatic carbocycles. The summed E-state index contributed by atoms with van der Waals surface area (Å²) < 4.78 is 16.3. The Morgan fingerprint density at radius 1 is 1.04 bits per heavy atom. The molecule has 5 nitrogen and oxygen atoms in total. The van der Waals surface area contributed by atoms with Crippen molar-refractivity contribution in [1.29, 1.82) is 0 Å². The number of nitrogens with zero attached hydrogens (tertiary/aromatic N) is 3. The van der Waals surface area contributed by atoms with Crippen LogP contribution in [0.1, 0.15) is 15.9 Å². The molecule has 1 saturated heterocycles. The molecule has 1 amide bonds. The molecule has 0 unspecified atom stereocenters. The van der Waals surface area contributed by atoms with E-state index in [0.29, 0.717) is 35.5 Å². The van der Waals surface area contributed by atoms with Gasteiger partial charge in [-0.25, -0.2) is 4.39 Å². The monoisotopic (exact) mass is 396 g/mol. The van der Waals surface area contributed by atoms with E-state index in [4.69, 9.17) is 12.2 Å². The van der Waals surface area contributed by atoms with Gasteiger partial charge in [0, 0.05) is 61.9 Å². The molecule has 0 spiro atoms. The summed E-state index contributed by atoms with van der Waals surface area (Å²) in [5, 5.41) is 0. The summed E-state index contributed by atoms with van der Waals surface area (Å²) in [6.07, 6.45) is 3.64. The van der Waals surface area contributed by atoms with Crippen LogP contribution in [-0.4, -0.2) is 51.4 Å². The number of imidazole rings is 1. The highest BCUT2D eigenvalue weighted by atomic mass is 32.1. The first-order valence-electron chi connectivity index (χ1n) is 9.23. The van der Waals surface area contributed by atoms with Gasteiger partial charge in [0.2, 0.25) is 0 Å². The molecule has 0 atom stereocenters. The van der Waals surface area contributed by atoms with Gasteiger partial charge < -0.3 is 9.88 Å². The van der Waals surface area contributed by atoms with E-state index in [1.165, 1.54) is 6.07 Å². The maximum absolute atomic E-state index is 13.8. The summed E-state index contributed by atoms with van der Waals surface area (Å²) in [5.41, 5.74) is 2.27. The minimum absolute atomic E-state index is 0.0229. The molecular weight excluding hydrogens is 375 g/mol. The van der Waals surface area contributed by atoms with Crippen molar-refractivity contribution in [3.8, 4) is 5.69 Å². The lowest BCUT2D eigenvalue weighted by molar-refractivity contribution is 0.0627. The van der Waals surface area contributed by atoms with E-state index in [1.807, 2.05) is 52.1 Å². The molecule has 3 aromatic rings. The van der Waals surface area contributed by atoms with Crippen LogP contribution >= 0.6 is 12.2 Å². The summed E-state index contributed by atoms with van der Waals surface area (Å²) in [5.74, 6) is -0.154. The number of carbonyl (C=O) groups is 1. The fourth-order valence-electron chi connectivity index (χ4n) is 3.45. The van der Waals surface area contributed by atoms with Gasteiger partial charge in [-0.15, -0.1) is 0 Å². The Bertz CT molecular complexity index is 1020. The van der Waals surface area contributed by atoms with E-state index in [9.17, 15) is 9.18 Å². The molecule has 7 heteroatoms. The van der Waals surface area contributed by atoms with Crippen molar-refractivity contribution in [3.63, 3.8) is 0 Å². The summed E-state index contributed by atoms with van der Waals surface area (Å²) in [6, 6.07) is 14.3. The Balaban J connectivity index is 1.37. The molecule has 144 valence electrons. The molecule has 2 heterocycles. The van der Waals surface area contributed by atoms with Crippen LogP contribution in [0.15, 0.2) is 60.9 Å². The van der Waals surface area contributed by atoms with E-state index in [0.717, 1.165) is 18.8 Å². The molecule has 1 aromatic heterocycles. The lowest BCUT2D eigenvalue weighted by Crippen LogP contribution is -2.48. The second kappa shape index (κ2) is 8.08. The zero-order valence-corrected chi connectivity index (χ0v) is 16.2. The van der Waals surface area contributed by atoms with Gasteiger partial charge in [0.05, 0.1) is 0 Å². The molecule has 0 radical (unpaired) electrons. The number of aromatic amines is 1. The van der Waals surface area contributed by atoms with Gasteiger partial charge in [-0.05, 0) is 42.5 Å². The second-order valence-electron chi connectivity index (χ2n) is 6.84. The predicted octanol–water partition coefficient (Wildman–Crippen LogP) is 3.63. The Kier molecular flexibility index (Phi) is 5.36. The Labute approximate surface area is 168 Å². The van der Waals surface area contributed by atoms with E-state index >= 15 is 0 Å². The first kappa shape index (κ1) is 18.6. The molecule has 0 bridgehead atoms. The van der Waals surface area contributed by atoms with Crippen molar-refractivity contribution < 1.29 is 9.18 Å². The molecule has 1 fully saturated rings. The third-order valence-corrected chi connectivity index (χ3v) is 5.37. The highest BCUT2D eigenvalue weighted by Crippen LogP contribution is 2.15. The van der Waals surface area contributed by atoms with E-state index in [1.54, 1.807) is 12.3 Å². The number of piperazine rings is 1. The van der Waals surface area contributed by atoms with Gasteiger partial charge in [-0.2, -0.15) is 0 Å². The SMILES string of the molecule is O=C(c1ccc(-n2cc[nH]c2=S)cc1)N1CCN(Cc2ccccc2F)CC1. The number of amides is 1. The van der Waals surface area contributed by atoms with Crippen LogP contribution < -0.4 is 0 Å². The van der Waals surface area contributed by atoms with Gasteiger partial charge in [-0.3, -0.25) is 14.3 Å². The van der Waals surface area contributed by atoms with Gasteiger partial charge >= 0.3 is 0 Å². The Morgan fingerprint density at radius 3 is 2.39 bits per heavy atom. The van der Waals surface area contributed by atoms with Crippen LogP contribution in [0.5, 0.6) is 0 Å². The fourth-order valence-corrected chi connectivity index (χ4v) is 3.68. The smallest absolute Gasteiger partial charge is 0.253 e. The molecule has 4 rings (SSSR count). The molecule has 1 aliphatic heterocycles. The maximum atomic E-state index is 13.8. The average molecular weight is 396 g/mol. The summed E-state index contributed by atoms with van der Waals surface area (Å²) in [4.78, 5) is 19.8. The summed E-state index contributed by atoms with van der Waals surface area (Å²) in [7, 11) is 0. The van der Waals surface area contributed by atoms with Crippen LogP contribution in [0.3, 0.4) is 0 Å². The predicted molar refractivity (Wildman–Crippen MR) is 109 cm³/mol. The molecule has 1 aliphatic rings. The number of benzene rings is 2. The number of hydrogen-bond acceptors (Lipinski definition) is 3. The highest BCUT2D eigenvalue weighted by Gasteiger charge is 2.22. The van der Waals surface area contributed by atoms with Crippen LogP contribution in [0.4, 0.5) is 4.39 Å². The molecule has 0 saturated carbocycles. The minimum Gasteiger partial charge on any atom is -0.337 e. The lowest BCUT2D eigenvalue weighted by Gasteiger charge is -2.34. The Hall–Kier alpha value is -2.77. The van der Waals surface area contributed by atoms with Crippen molar-refractivity contribution >= 4 is 18.1 Å². The van der Waals surface area contributed by atoms with Crippen molar-refractivity contribution in [2.75, 3.05) is 26.2 Å². The first-order valence-corrected chi connectivity index (χ1v) is 9.64. The number of hydrogen-bond donors (Lipinski definition) is 1. The first-order chi connectivity index (χ1) is 13.6. The molecule has 1 N–H and O–H groups in total. The minimum atomic E-state index is -0.177. The largest absolute Gasteiger partial charge is 0.337 e. The summed E-state index contributed by atoms with van der Waals surface area (Å²) in [6.45, 7) is 3.31. The number of halogens is 1. The van der Waals surface area contributed by atoms with Crippen molar-refractivity contribution in [3.05, 3.63) is 82.6 Å². The normalized spacial score (nSPS) is 15.0. The average Bonchev–Trinajstić information content (AvgIpc) is 3.16. The van der Waals surface area contributed by atoms with Crippen LogP contribution in [0.25, 0.3) is 5.69 Å². The number of rotatable bonds is 4. The molecule has 0 aliphatic carbocycles. The van der Waals surface area contributed by atoms with Crippen LogP contribution in [-0.2, 0) is 6.54 Å². The maximum Gasteiger partial charge on any atom is 0.253 e. The number of carbonyl (C=O) groups excluding carboxylic acids is 1. The Morgan fingerprint density at radius 2 is 1.75 bits per heavy atom. The van der Waals surface area contributed by atoms with E-state index < -0.39 is 0 Å². The standard InChI is InChI=1S/C21H21FN4OS/c22-19-4-2-1-3-17(19)15-24-11-13-25(14-12-24)20(27)16-5-7-18(8-6-16)26-10-9-23-21(26)28/h1-10H,11-15H2,(H,23,28). The quantitative estimate of drug-likeness (QED) is 0.685. The zero-order chi connectivity index (χ0) is 19.5. The molecular formula is C21H21FN4OS. The third kappa shape index (κ3) is 3.90.